The van der Waals surface area contributed by atoms with Gasteiger partial charge in [0.15, 0.2) is 0 Å². The van der Waals surface area contributed by atoms with E-state index in [9.17, 15) is 9.90 Å². The number of carbonyl (C=O) groups excluding carboxylic acids is 1. The van der Waals surface area contributed by atoms with E-state index in [-0.39, 0.29) is 11.3 Å². The molecule has 0 saturated heterocycles. The highest BCUT2D eigenvalue weighted by atomic mass is 16.6. The van der Waals surface area contributed by atoms with Crippen LogP contribution in [0.2, 0.25) is 0 Å². The Bertz CT molecular complexity index is 527. The molecule has 6 nitrogen and oxygen atoms in total. The van der Waals surface area contributed by atoms with E-state index in [0.717, 1.165) is 25.7 Å². The minimum atomic E-state index is -0.700. The van der Waals surface area contributed by atoms with Crippen LogP contribution in [-0.2, 0) is 9.47 Å². The summed E-state index contributed by atoms with van der Waals surface area (Å²) in [5.74, 6) is 0.576. The Morgan fingerprint density at radius 1 is 1.15 bits per heavy atom. The Morgan fingerprint density at radius 2 is 1.73 bits per heavy atom. The van der Waals surface area contributed by atoms with Gasteiger partial charge in [-0.05, 0) is 39.5 Å². The molecule has 1 N–H and O–H groups in total. The first-order valence-electron chi connectivity index (χ1n) is 9.77. The van der Waals surface area contributed by atoms with Crippen molar-refractivity contribution in [2.75, 3.05) is 7.11 Å². The van der Waals surface area contributed by atoms with Crippen LogP contribution in [-0.4, -0.2) is 53.0 Å². The van der Waals surface area contributed by atoms with E-state index < -0.39 is 30.0 Å². The van der Waals surface area contributed by atoms with Crippen molar-refractivity contribution in [1.82, 2.24) is 4.90 Å². The molecule has 1 fully saturated rings. The lowest BCUT2D eigenvalue weighted by Crippen LogP contribution is -2.56. The van der Waals surface area contributed by atoms with Gasteiger partial charge < -0.3 is 14.6 Å². The second-order valence-electron chi connectivity index (χ2n) is 9.63. The highest BCUT2D eigenvalue weighted by Gasteiger charge is 2.51. The van der Waals surface area contributed by atoms with Crippen molar-refractivity contribution in [2.45, 2.75) is 97.6 Å². The van der Waals surface area contributed by atoms with E-state index in [1.807, 2.05) is 41.5 Å². The van der Waals surface area contributed by atoms with Crippen LogP contribution in [0.5, 0.6) is 0 Å². The van der Waals surface area contributed by atoms with Crippen molar-refractivity contribution in [3.05, 3.63) is 0 Å². The minimum absolute atomic E-state index is 0.151. The summed E-state index contributed by atoms with van der Waals surface area (Å²) >= 11 is 0. The Balaban J connectivity index is 2.36. The van der Waals surface area contributed by atoms with Gasteiger partial charge in [0.25, 0.3) is 0 Å². The van der Waals surface area contributed by atoms with Gasteiger partial charge in [0.1, 0.15) is 17.8 Å². The molecule has 1 amide bonds. The van der Waals surface area contributed by atoms with Crippen molar-refractivity contribution in [2.24, 2.45) is 16.3 Å². The molecule has 0 unspecified atom stereocenters. The lowest BCUT2D eigenvalue weighted by atomic mass is 9.82. The van der Waals surface area contributed by atoms with Gasteiger partial charge in [0.2, 0.25) is 5.90 Å². The average molecular weight is 369 g/mol. The molecule has 0 bridgehead atoms. The fraction of sp³-hybridized carbons (Fsp3) is 0.900. The predicted octanol–water partition coefficient (Wildman–Crippen LogP) is 3.96. The third-order valence-electron chi connectivity index (χ3n) is 5.11. The zero-order chi connectivity index (χ0) is 19.7. The molecule has 6 heteroatoms. The molecule has 0 aromatic heterocycles. The maximum atomic E-state index is 13.0. The summed E-state index contributed by atoms with van der Waals surface area (Å²) in [5.41, 5.74) is -0.919. The smallest absolute Gasteiger partial charge is 0.412 e. The predicted molar refractivity (Wildman–Crippen MR) is 102 cm³/mol. The molecular weight excluding hydrogens is 332 g/mol. The number of aliphatic hydroxyl groups excluding tert-OH is 1. The molecule has 2 rings (SSSR count). The van der Waals surface area contributed by atoms with Crippen molar-refractivity contribution < 1.29 is 19.4 Å². The number of hydrogen-bond acceptors (Lipinski definition) is 5. The number of ether oxygens (including phenoxy) is 2. The van der Waals surface area contributed by atoms with Crippen molar-refractivity contribution >= 4 is 12.0 Å². The van der Waals surface area contributed by atoms with E-state index >= 15 is 0 Å². The number of rotatable bonds is 2. The van der Waals surface area contributed by atoms with Gasteiger partial charge in [-0.2, -0.15) is 0 Å². The van der Waals surface area contributed by atoms with E-state index in [1.165, 1.54) is 6.42 Å². The van der Waals surface area contributed by atoms with Crippen LogP contribution in [0, 0.1) is 11.3 Å². The van der Waals surface area contributed by atoms with Crippen LogP contribution in [0.15, 0.2) is 4.99 Å². The number of hydrogen-bond donors (Lipinski definition) is 1. The van der Waals surface area contributed by atoms with Crippen LogP contribution >= 0.6 is 0 Å². The standard InChI is InChI=1S/C20H36N2O4/c1-19(2,3)17-21-16(25-7)14(15(23)13-11-9-8-10-12-13)22(17)18(24)26-20(4,5)6/h13-15,17,23H,8-12H2,1-7H3/t14-,15-,17-/m1/s1. The lowest BCUT2D eigenvalue weighted by molar-refractivity contribution is -0.0295. The first kappa shape index (κ1) is 21.0. The summed E-state index contributed by atoms with van der Waals surface area (Å²) < 4.78 is 11.2. The van der Waals surface area contributed by atoms with Crippen molar-refractivity contribution in [3.63, 3.8) is 0 Å². The molecule has 0 radical (unpaired) electrons. The van der Waals surface area contributed by atoms with E-state index in [4.69, 9.17) is 9.47 Å². The highest BCUT2D eigenvalue weighted by Crippen LogP contribution is 2.38. The molecular formula is C20H36N2O4. The Kier molecular flexibility index (Phi) is 6.26. The fourth-order valence-electron chi connectivity index (χ4n) is 3.89. The zero-order valence-corrected chi connectivity index (χ0v) is 17.4. The number of carbonyl (C=O) groups is 1. The Hall–Kier alpha value is -1.30. The van der Waals surface area contributed by atoms with Gasteiger partial charge in [-0.1, -0.05) is 40.0 Å². The van der Waals surface area contributed by atoms with E-state index in [1.54, 1.807) is 12.0 Å². The molecule has 150 valence electrons. The van der Waals surface area contributed by atoms with Gasteiger partial charge >= 0.3 is 6.09 Å². The molecule has 1 saturated carbocycles. The summed E-state index contributed by atoms with van der Waals surface area (Å²) in [5, 5.41) is 11.2. The number of aliphatic imine (C=N–C) groups is 1. The molecule has 0 aromatic rings. The quantitative estimate of drug-likeness (QED) is 0.801. The van der Waals surface area contributed by atoms with Gasteiger partial charge in [0, 0.05) is 5.41 Å². The van der Waals surface area contributed by atoms with E-state index in [2.05, 4.69) is 4.99 Å². The second kappa shape index (κ2) is 7.75. The van der Waals surface area contributed by atoms with Crippen LogP contribution in [0.3, 0.4) is 0 Å². The largest absolute Gasteiger partial charge is 0.483 e. The Labute approximate surface area is 157 Å². The Morgan fingerprint density at radius 3 is 2.19 bits per heavy atom. The number of amides is 1. The molecule has 2 aliphatic rings. The number of methoxy groups -OCH3 is 1. The molecule has 26 heavy (non-hydrogen) atoms. The molecule has 1 heterocycles. The molecule has 1 aliphatic heterocycles. The molecule has 1 aliphatic carbocycles. The lowest BCUT2D eigenvalue weighted by Gasteiger charge is -2.40. The number of nitrogens with zero attached hydrogens (tertiary/aromatic N) is 2. The van der Waals surface area contributed by atoms with Crippen LogP contribution in [0.1, 0.15) is 73.6 Å². The topological polar surface area (TPSA) is 71.4 Å². The SMILES string of the molecule is COC1=N[C@@H](C(C)(C)C)N(C(=O)OC(C)(C)C)[C@@H]1[C@H](O)C1CCCCC1. The third-order valence-corrected chi connectivity index (χ3v) is 5.11. The highest BCUT2D eigenvalue weighted by molar-refractivity contribution is 5.89. The van der Waals surface area contributed by atoms with Gasteiger partial charge in [-0.3, -0.25) is 4.90 Å². The zero-order valence-electron chi connectivity index (χ0n) is 17.4. The van der Waals surface area contributed by atoms with Gasteiger partial charge in [-0.25, -0.2) is 9.79 Å². The summed E-state index contributed by atoms with van der Waals surface area (Å²) in [6.07, 6.45) is 3.79. The van der Waals surface area contributed by atoms with Gasteiger partial charge in [-0.15, -0.1) is 0 Å². The molecule has 0 aromatic carbocycles. The van der Waals surface area contributed by atoms with Crippen molar-refractivity contribution in [3.8, 4) is 0 Å². The third kappa shape index (κ3) is 4.70. The maximum absolute atomic E-state index is 13.0. The summed E-state index contributed by atoms with van der Waals surface area (Å²) in [6.45, 7) is 11.6. The summed E-state index contributed by atoms with van der Waals surface area (Å²) in [6, 6.07) is -0.595. The molecule has 0 spiro atoms. The number of aliphatic hydroxyl groups is 1. The summed E-state index contributed by atoms with van der Waals surface area (Å²) in [4.78, 5) is 19.3. The normalized spacial score (nSPS) is 26.5. The minimum Gasteiger partial charge on any atom is -0.483 e. The fourth-order valence-corrected chi connectivity index (χ4v) is 3.89. The van der Waals surface area contributed by atoms with Crippen LogP contribution < -0.4 is 0 Å². The van der Waals surface area contributed by atoms with Crippen LogP contribution in [0.25, 0.3) is 0 Å². The average Bonchev–Trinajstić information content (AvgIpc) is 2.93. The monoisotopic (exact) mass is 368 g/mol. The van der Waals surface area contributed by atoms with Gasteiger partial charge in [0.05, 0.1) is 13.2 Å². The first-order valence-corrected chi connectivity index (χ1v) is 9.77. The van der Waals surface area contributed by atoms with Crippen molar-refractivity contribution in [1.29, 1.82) is 0 Å². The second-order valence-corrected chi connectivity index (χ2v) is 9.63. The summed E-state index contributed by atoms with van der Waals surface area (Å²) in [7, 11) is 1.55. The maximum Gasteiger partial charge on any atom is 0.412 e. The van der Waals surface area contributed by atoms with Crippen LogP contribution in [0.4, 0.5) is 4.79 Å². The first-order chi connectivity index (χ1) is 12.0. The molecule has 3 atom stereocenters. The van der Waals surface area contributed by atoms with E-state index in [0.29, 0.717) is 5.90 Å².